The number of rotatable bonds is 5. The third-order valence-electron chi connectivity index (χ3n) is 3.02. The van der Waals surface area contributed by atoms with Crippen LogP contribution in [-0.2, 0) is 0 Å². The summed E-state index contributed by atoms with van der Waals surface area (Å²) in [5.74, 6) is 0.452. The zero-order valence-electron chi connectivity index (χ0n) is 11.5. The molecule has 0 aliphatic heterocycles. The second kappa shape index (κ2) is 6.86. The second-order valence-corrected chi connectivity index (χ2v) is 5.36. The van der Waals surface area contributed by atoms with E-state index in [2.05, 4.69) is 35.1 Å². The Labute approximate surface area is 127 Å². The molecular weight excluding hydrogens is 321 g/mol. The van der Waals surface area contributed by atoms with Crippen LogP contribution in [0.3, 0.4) is 0 Å². The number of hydrogen-bond acceptors (Lipinski definition) is 2. The monoisotopic (exact) mass is 337 g/mol. The van der Waals surface area contributed by atoms with Crippen molar-refractivity contribution in [1.82, 2.24) is 5.32 Å². The van der Waals surface area contributed by atoms with Crippen molar-refractivity contribution in [3.05, 3.63) is 58.3 Å². The first kappa shape index (κ1) is 15.0. The van der Waals surface area contributed by atoms with Crippen LogP contribution < -0.4 is 10.1 Å². The van der Waals surface area contributed by atoms with E-state index < -0.39 is 0 Å². The summed E-state index contributed by atoms with van der Waals surface area (Å²) in [6.07, 6.45) is 0. The Hall–Kier alpha value is -1.39. The average molecular weight is 338 g/mol. The summed E-state index contributed by atoms with van der Waals surface area (Å²) in [6.45, 7) is 5.08. The largest absolute Gasteiger partial charge is 0.453 e. The molecule has 0 aliphatic carbocycles. The Morgan fingerprint density at radius 1 is 1.20 bits per heavy atom. The lowest BCUT2D eigenvalue weighted by Gasteiger charge is -2.15. The average Bonchev–Trinajstić information content (AvgIpc) is 2.43. The summed E-state index contributed by atoms with van der Waals surface area (Å²) >= 11 is 3.47. The van der Waals surface area contributed by atoms with E-state index >= 15 is 0 Å². The van der Waals surface area contributed by atoms with E-state index in [0.29, 0.717) is 5.75 Å². The van der Waals surface area contributed by atoms with E-state index in [0.717, 1.165) is 16.6 Å². The molecule has 2 aromatic rings. The Bertz CT molecular complexity index is 588. The van der Waals surface area contributed by atoms with Crippen molar-refractivity contribution in [2.75, 3.05) is 6.54 Å². The molecule has 2 aromatic carbocycles. The van der Waals surface area contributed by atoms with E-state index in [1.807, 2.05) is 18.2 Å². The molecular formula is C16H17BrFNO. The molecule has 0 bridgehead atoms. The van der Waals surface area contributed by atoms with Crippen LogP contribution in [0, 0.1) is 5.82 Å². The number of halogens is 2. The Kier molecular flexibility index (Phi) is 5.15. The van der Waals surface area contributed by atoms with Crippen LogP contribution in [0.2, 0.25) is 0 Å². The lowest BCUT2D eigenvalue weighted by Crippen LogP contribution is -2.17. The van der Waals surface area contributed by atoms with Gasteiger partial charge in [-0.05, 0) is 59.2 Å². The van der Waals surface area contributed by atoms with Gasteiger partial charge in [0.15, 0.2) is 11.6 Å². The fourth-order valence-corrected chi connectivity index (χ4v) is 2.42. The van der Waals surface area contributed by atoms with Gasteiger partial charge in [-0.15, -0.1) is 0 Å². The Balaban J connectivity index is 2.20. The van der Waals surface area contributed by atoms with Crippen molar-refractivity contribution in [3.8, 4) is 11.5 Å². The van der Waals surface area contributed by atoms with Crippen LogP contribution in [-0.4, -0.2) is 6.54 Å². The predicted octanol–water partition coefficient (Wildman–Crippen LogP) is 5.05. The van der Waals surface area contributed by atoms with Crippen molar-refractivity contribution in [2.24, 2.45) is 0 Å². The maximum atomic E-state index is 13.6. The molecule has 0 spiro atoms. The van der Waals surface area contributed by atoms with E-state index in [9.17, 15) is 4.39 Å². The topological polar surface area (TPSA) is 21.3 Å². The van der Waals surface area contributed by atoms with Crippen molar-refractivity contribution >= 4 is 15.9 Å². The first-order chi connectivity index (χ1) is 9.61. The van der Waals surface area contributed by atoms with Gasteiger partial charge in [-0.3, -0.25) is 0 Å². The fourth-order valence-electron chi connectivity index (χ4n) is 1.94. The zero-order chi connectivity index (χ0) is 14.5. The van der Waals surface area contributed by atoms with Gasteiger partial charge in [0, 0.05) is 6.04 Å². The molecule has 106 valence electrons. The molecule has 20 heavy (non-hydrogen) atoms. The smallest absolute Gasteiger partial charge is 0.165 e. The highest BCUT2D eigenvalue weighted by atomic mass is 79.9. The fraction of sp³-hybridized carbons (Fsp3) is 0.250. The maximum absolute atomic E-state index is 13.6. The minimum atomic E-state index is -0.371. The van der Waals surface area contributed by atoms with E-state index in [1.54, 1.807) is 18.2 Å². The molecule has 1 unspecified atom stereocenters. The third-order valence-corrected chi connectivity index (χ3v) is 3.64. The first-order valence-electron chi connectivity index (χ1n) is 6.57. The summed E-state index contributed by atoms with van der Waals surface area (Å²) < 4.78 is 20.0. The highest BCUT2D eigenvalue weighted by molar-refractivity contribution is 9.10. The molecule has 2 nitrogen and oxygen atoms in total. The Morgan fingerprint density at radius 2 is 1.95 bits per heavy atom. The summed E-state index contributed by atoms with van der Waals surface area (Å²) in [5.41, 5.74) is 1.15. The van der Waals surface area contributed by atoms with Gasteiger partial charge in [0.1, 0.15) is 5.75 Å². The molecule has 0 saturated heterocycles. The number of nitrogens with one attached hydrogen (secondary N) is 1. The van der Waals surface area contributed by atoms with E-state index in [-0.39, 0.29) is 17.6 Å². The standard InChI is InChI=1S/C16H17BrFNO/c1-3-19-11(2)12-8-9-15(13(17)10-12)20-16-7-5-4-6-14(16)18/h4-11,19H,3H2,1-2H3. The van der Waals surface area contributed by atoms with Gasteiger partial charge in [0.05, 0.1) is 4.47 Å². The maximum Gasteiger partial charge on any atom is 0.165 e. The van der Waals surface area contributed by atoms with Gasteiger partial charge >= 0.3 is 0 Å². The van der Waals surface area contributed by atoms with Crippen LogP contribution in [0.25, 0.3) is 0 Å². The van der Waals surface area contributed by atoms with Crippen molar-refractivity contribution < 1.29 is 9.13 Å². The van der Waals surface area contributed by atoms with Crippen molar-refractivity contribution in [2.45, 2.75) is 19.9 Å². The Morgan fingerprint density at radius 3 is 2.60 bits per heavy atom. The minimum Gasteiger partial charge on any atom is -0.453 e. The molecule has 1 atom stereocenters. The molecule has 2 rings (SSSR count). The quantitative estimate of drug-likeness (QED) is 0.824. The molecule has 4 heteroatoms. The molecule has 1 N–H and O–H groups in total. The molecule has 0 amide bonds. The number of benzene rings is 2. The molecule has 0 aliphatic rings. The van der Waals surface area contributed by atoms with E-state index in [1.165, 1.54) is 6.07 Å². The van der Waals surface area contributed by atoms with Crippen molar-refractivity contribution in [1.29, 1.82) is 0 Å². The van der Waals surface area contributed by atoms with Gasteiger partial charge in [0.2, 0.25) is 0 Å². The highest BCUT2D eigenvalue weighted by Gasteiger charge is 2.10. The second-order valence-electron chi connectivity index (χ2n) is 4.50. The highest BCUT2D eigenvalue weighted by Crippen LogP contribution is 2.32. The van der Waals surface area contributed by atoms with Gasteiger partial charge in [0.25, 0.3) is 0 Å². The normalized spacial score (nSPS) is 12.2. The lowest BCUT2D eigenvalue weighted by molar-refractivity contribution is 0.439. The van der Waals surface area contributed by atoms with E-state index in [4.69, 9.17) is 4.74 Å². The van der Waals surface area contributed by atoms with Crippen molar-refractivity contribution in [3.63, 3.8) is 0 Å². The van der Waals surface area contributed by atoms with Gasteiger partial charge < -0.3 is 10.1 Å². The summed E-state index contributed by atoms with van der Waals surface area (Å²) in [4.78, 5) is 0. The number of hydrogen-bond donors (Lipinski definition) is 1. The number of ether oxygens (including phenoxy) is 1. The predicted molar refractivity (Wildman–Crippen MR) is 82.7 cm³/mol. The zero-order valence-corrected chi connectivity index (χ0v) is 13.1. The molecule has 0 radical (unpaired) electrons. The minimum absolute atomic E-state index is 0.223. The van der Waals surface area contributed by atoms with Gasteiger partial charge in [-0.1, -0.05) is 25.1 Å². The van der Waals surface area contributed by atoms with Gasteiger partial charge in [-0.2, -0.15) is 0 Å². The number of para-hydroxylation sites is 1. The molecule has 0 fully saturated rings. The van der Waals surface area contributed by atoms with Gasteiger partial charge in [-0.25, -0.2) is 4.39 Å². The van der Waals surface area contributed by atoms with Crippen LogP contribution in [0.4, 0.5) is 4.39 Å². The van der Waals surface area contributed by atoms with Crippen LogP contribution in [0.1, 0.15) is 25.5 Å². The summed E-state index contributed by atoms with van der Waals surface area (Å²) in [5, 5.41) is 3.35. The summed E-state index contributed by atoms with van der Waals surface area (Å²) in [6, 6.07) is 12.4. The van der Waals surface area contributed by atoms with Crippen LogP contribution in [0.5, 0.6) is 11.5 Å². The first-order valence-corrected chi connectivity index (χ1v) is 7.36. The molecule has 0 aromatic heterocycles. The molecule has 0 saturated carbocycles. The van der Waals surface area contributed by atoms with Crippen LogP contribution in [0.15, 0.2) is 46.9 Å². The summed E-state index contributed by atoms with van der Waals surface area (Å²) in [7, 11) is 0. The third kappa shape index (κ3) is 3.58. The lowest BCUT2D eigenvalue weighted by atomic mass is 10.1. The molecule has 0 heterocycles. The SMILES string of the molecule is CCNC(C)c1ccc(Oc2ccccc2F)c(Br)c1. The van der Waals surface area contributed by atoms with Crippen LogP contribution >= 0.6 is 15.9 Å².